The van der Waals surface area contributed by atoms with E-state index in [4.69, 9.17) is 17.3 Å². The largest absolute Gasteiger partial charge is 0.280 e. The monoisotopic (exact) mass is 485 g/mol. The van der Waals surface area contributed by atoms with Crippen LogP contribution in [0.25, 0.3) is 17.1 Å². The molecule has 0 bridgehead atoms. The molecule has 3 aromatic rings. The first kappa shape index (κ1) is 23.8. The van der Waals surface area contributed by atoms with Gasteiger partial charge in [-0.1, -0.05) is 39.0 Å². The van der Waals surface area contributed by atoms with Gasteiger partial charge in [0.25, 0.3) is 0 Å². The molecule has 33 heavy (non-hydrogen) atoms. The first-order valence-electron chi connectivity index (χ1n) is 11.4. The lowest BCUT2D eigenvalue weighted by atomic mass is 10.0. The first-order valence-corrected chi connectivity index (χ1v) is 13.7. The van der Waals surface area contributed by atoms with Gasteiger partial charge < -0.3 is 0 Å². The molecule has 176 valence electrons. The van der Waals surface area contributed by atoms with Crippen molar-refractivity contribution < 1.29 is 8.42 Å². The number of hydrogen-bond acceptors (Lipinski definition) is 6. The van der Waals surface area contributed by atoms with Crippen molar-refractivity contribution in [3.05, 3.63) is 59.1 Å². The van der Waals surface area contributed by atoms with E-state index >= 15 is 0 Å². The minimum absolute atomic E-state index is 0.00760. The maximum Gasteiger partial charge on any atom is 0.204 e. The third-order valence-electron chi connectivity index (χ3n) is 6.11. The Morgan fingerprint density at radius 2 is 2.00 bits per heavy atom. The predicted octanol–water partition coefficient (Wildman–Crippen LogP) is 4.45. The van der Waals surface area contributed by atoms with Gasteiger partial charge in [0, 0.05) is 24.0 Å². The van der Waals surface area contributed by atoms with E-state index in [2.05, 4.69) is 42.8 Å². The Bertz CT molecular complexity index is 1270. The van der Waals surface area contributed by atoms with E-state index in [1.807, 2.05) is 33.5 Å². The fraction of sp³-hybridized carbons (Fsp3) is 0.458. The zero-order valence-electron chi connectivity index (χ0n) is 19.4. The summed E-state index contributed by atoms with van der Waals surface area (Å²) in [5.41, 5.74) is 3.07. The van der Waals surface area contributed by atoms with Gasteiger partial charge in [0.1, 0.15) is 0 Å². The van der Waals surface area contributed by atoms with Crippen molar-refractivity contribution in [2.75, 3.05) is 18.1 Å². The molecule has 0 spiro atoms. The second-order valence-corrected chi connectivity index (χ2v) is 11.5. The van der Waals surface area contributed by atoms with Crippen LogP contribution >= 0.6 is 12.2 Å². The van der Waals surface area contributed by atoms with Crippen LogP contribution in [0.15, 0.2) is 48.8 Å². The van der Waals surface area contributed by atoms with E-state index in [0.29, 0.717) is 23.8 Å². The molecule has 1 fully saturated rings. The number of pyridine rings is 1. The lowest BCUT2D eigenvalue weighted by Gasteiger charge is -2.27. The van der Waals surface area contributed by atoms with Crippen molar-refractivity contribution >= 4 is 22.1 Å². The molecule has 1 unspecified atom stereocenters. The van der Waals surface area contributed by atoms with Crippen LogP contribution in [0.2, 0.25) is 0 Å². The molecule has 7 nitrogen and oxygen atoms in total. The lowest BCUT2D eigenvalue weighted by Crippen LogP contribution is -2.38. The van der Waals surface area contributed by atoms with Crippen molar-refractivity contribution in [3.63, 3.8) is 0 Å². The van der Waals surface area contributed by atoms with Crippen LogP contribution in [0.4, 0.5) is 0 Å². The van der Waals surface area contributed by atoms with Gasteiger partial charge in [0.05, 0.1) is 23.9 Å². The van der Waals surface area contributed by atoms with Gasteiger partial charge in [-0.2, -0.15) is 0 Å². The molecule has 0 saturated carbocycles. The number of rotatable bonds is 8. The van der Waals surface area contributed by atoms with Crippen LogP contribution in [0.1, 0.15) is 45.1 Å². The highest BCUT2D eigenvalue weighted by Crippen LogP contribution is 2.29. The Labute approximate surface area is 201 Å². The standard InChI is InChI=1S/C24H31N5O2S2/c1-4-13-27(20-11-14-33(30,31)16-20)17-28-24(32)29(22-10-6-5-9-21(22)18(2)3)23(26-28)19-8-7-12-25-15-19/h5-10,12,15,18,20H,4,11,13-14,16-17H2,1-3H3. The maximum atomic E-state index is 12.1. The predicted molar refractivity (Wildman–Crippen MR) is 134 cm³/mol. The fourth-order valence-electron chi connectivity index (χ4n) is 4.47. The number of hydrogen-bond donors (Lipinski definition) is 0. The van der Waals surface area contributed by atoms with Crippen molar-refractivity contribution in [2.24, 2.45) is 0 Å². The van der Waals surface area contributed by atoms with Crippen LogP contribution in [0.5, 0.6) is 0 Å². The van der Waals surface area contributed by atoms with Gasteiger partial charge in [-0.25, -0.2) is 13.1 Å². The molecule has 0 N–H and O–H groups in total. The number of nitrogens with zero attached hydrogens (tertiary/aromatic N) is 5. The molecule has 1 atom stereocenters. The second-order valence-electron chi connectivity index (χ2n) is 8.91. The van der Waals surface area contributed by atoms with Gasteiger partial charge in [-0.15, -0.1) is 5.10 Å². The summed E-state index contributed by atoms with van der Waals surface area (Å²) in [4.78, 5) is 6.50. The Balaban J connectivity index is 1.82. The van der Waals surface area contributed by atoms with Crippen molar-refractivity contribution in [1.29, 1.82) is 0 Å². The van der Waals surface area contributed by atoms with E-state index in [-0.39, 0.29) is 17.5 Å². The molecule has 1 aliphatic rings. The van der Waals surface area contributed by atoms with Crippen LogP contribution < -0.4 is 0 Å². The highest BCUT2D eigenvalue weighted by atomic mass is 32.2. The van der Waals surface area contributed by atoms with Crippen LogP contribution in [-0.2, 0) is 16.5 Å². The summed E-state index contributed by atoms with van der Waals surface area (Å²) >= 11 is 5.96. The molecule has 1 aliphatic heterocycles. The third kappa shape index (κ3) is 5.10. The van der Waals surface area contributed by atoms with Crippen LogP contribution in [-0.4, -0.2) is 56.7 Å². The Kier molecular flexibility index (Phi) is 7.11. The molecule has 0 radical (unpaired) electrons. The van der Waals surface area contributed by atoms with E-state index in [0.717, 1.165) is 30.0 Å². The number of aromatic nitrogens is 4. The second kappa shape index (κ2) is 9.87. The average molecular weight is 486 g/mol. The number of benzene rings is 1. The molecule has 9 heteroatoms. The summed E-state index contributed by atoms with van der Waals surface area (Å²) in [6, 6.07) is 12.1. The Hall–Kier alpha value is -2.36. The van der Waals surface area contributed by atoms with Crippen LogP contribution in [0.3, 0.4) is 0 Å². The Morgan fingerprint density at radius 3 is 2.64 bits per heavy atom. The van der Waals surface area contributed by atoms with Gasteiger partial charge in [-0.05, 0) is 61.3 Å². The molecule has 1 aromatic carbocycles. The topological polar surface area (TPSA) is 73.0 Å². The van der Waals surface area contributed by atoms with E-state index in [9.17, 15) is 8.42 Å². The summed E-state index contributed by atoms with van der Waals surface area (Å²) in [5, 5.41) is 4.93. The van der Waals surface area contributed by atoms with Gasteiger partial charge in [0.2, 0.25) is 4.77 Å². The zero-order chi connectivity index (χ0) is 23.6. The highest BCUT2D eigenvalue weighted by Gasteiger charge is 2.32. The zero-order valence-corrected chi connectivity index (χ0v) is 21.0. The molecule has 4 rings (SSSR count). The molecular formula is C24H31N5O2S2. The summed E-state index contributed by atoms with van der Waals surface area (Å²) in [6.07, 6.45) is 5.12. The Morgan fingerprint density at radius 1 is 1.21 bits per heavy atom. The summed E-state index contributed by atoms with van der Waals surface area (Å²) < 4.78 is 28.7. The van der Waals surface area contributed by atoms with Gasteiger partial charge in [0.15, 0.2) is 15.7 Å². The quantitative estimate of drug-likeness (QED) is 0.439. The smallest absolute Gasteiger partial charge is 0.204 e. The van der Waals surface area contributed by atoms with E-state index < -0.39 is 9.84 Å². The van der Waals surface area contributed by atoms with Crippen LogP contribution in [0, 0.1) is 4.77 Å². The molecular weight excluding hydrogens is 454 g/mol. The lowest BCUT2D eigenvalue weighted by molar-refractivity contribution is 0.155. The average Bonchev–Trinajstić information content (AvgIpc) is 3.33. The first-order chi connectivity index (χ1) is 15.8. The molecule has 3 heterocycles. The molecule has 2 aromatic heterocycles. The van der Waals surface area contributed by atoms with Crippen molar-refractivity contribution in [3.8, 4) is 17.1 Å². The summed E-state index contributed by atoms with van der Waals surface area (Å²) in [5.74, 6) is 1.50. The maximum absolute atomic E-state index is 12.1. The molecule has 0 aliphatic carbocycles. The summed E-state index contributed by atoms with van der Waals surface area (Å²) in [6.45, 7) is 7.69. The van der Waals surface area contributed by atoms with E-state index in [1.54, 1.807) is 12.4 Å². The minimum Gasteiger partial charge on any atom is -0.280 e. The van der Waals surface area contributed by atoms with E-state index in [1.165, 1.54) is 5.56 Å². The number of para-hydroxylation sites is 1. The SMILES string of the molecule is CCCN(Cn1nc(-c2cccnc2)n(-c2ccccc2C(C)C)c1=S)C1CCS(=O)(=O)C1. The highest BCUT2D eigenvalue weighted by molar-refractivity contribution is 7.91. The molecule has 0 amide bonds. The molecule has 1 saturated heterocycles. The third-order valence-corrected chi connectivity index (χ3v) is 8.25. The minimum atomic E-state index is -2.98. The van der Waals surface area contributed by atoms with Gasteiger partial charge >= 0.3 is 0 Å². The number of sulfone groups is 1. The summed E-state index contributed by atoms with van der Waals surface area (Å²) in [7, 11) is -2.98. The van der Waals surface area contributed by atoms with Gasteiger partial charge in [-0.3, -0.25) is 14.5 Å². The normalized spacial score (nSPS) is 17.8. The van der Waals surface area contributed by atoms with Crippen molar-refractivity contribution in [2.45, 2.75) is 52.2 Å². The fourth-order valence-corrected chi connectivity index (χ4v) is 6.51. The van der Waals surface area contributed by atoms with Crippen molar-refractivity contribution in [1.82, 2.24) is 24.2 Å².